The summed E-state index contributed by atoms with van der Waals surface area (Å²) in [5, 5.41) is 14.2. The number of halogens is 1. The van der Waals surface area contributed by atoms with Gasteiger partial charge in [0.25, 0.3) is 0 Å². The maximum absolute atomic E-state index is 11.7. The molecule has 6 heteroatoms. The van der Waals surface area contributed by atoms with Gasteiger partial charge in [-0.3, -0.25) is 0 Å². The van der Waals surface area contributed by atoms with Gasteiger partial charge in [0.2, 0.25) is 0 Å². The number of carbonyl (C=O) groups is 1. The minimum atomic E-state index is -1.02. The summed E-state index contributed by atoms with van der Waals surface area (Å²) in [6.07, 6.45) is 4.42. The molecule has 1 fully saturated rings. The fraction of sp³-hybridized carbons (Fsp3) is 0.375. The summed E-state index contributed by atoms with van der Waals surface area (Å²) in [6.45, 7) is 1.62. The normalized spacial score (nSPS) is 15.6. The molecule has 0 spiro atoms. The molecule has 0 unspecified atom stereocenters. The minimum Gasteiger partial charge on any atom is -0.477 e. The fourth-order valence-corrected chi connectivity index (χ4v) is 2.90. The first-order chi connectivity index (χ1) is 10.7. The van der Waals surface area contributed by atoms with Crippen LogP contribution < -0.4 is 4.90 Å². The summed E-state index contributed by atoms with van der Waals surface area (Å²) < 4.78 is 5.36. The summed E-state index contributed by atoms with van der Waals surface area (Å²) in [5.74, 6) is -0.312. The molecule has 0 bridgehead atoms. The number of carboxylic acids is 1. The van der Waals surface area contributed by atoms with Gasteiger partial charge < -0.3 is 14.5 Å². The van der Waals surface area contributed by atoms with E-state index in [1.807, 2.05) is 4.90 Å². The number of carboxylic acid groups (broad SMARTS) is 1. The lowest BCUT2D eigenvalue weighted by Crippen LogP contribution is -2.26. The zero-order valence-electron chi connectivity index (χ0n) is 12.1. The summed E-state index contributed by atoms with van der Waals surface area (Å²) in [4.78, 5) is 13.7. The van der Waals surface area contributed by atoms with Crippen LogP contribution in [-0.4, -0.2) is 29.3 Å². The molecule has 0 amide bonds. The molecule has 1 aromatic carbocycles. The Morgan fingerprint density at radius 1 is 1.14 bits per heavy atom. The highest BCUT2D eigenvalue weighted by Gasteiger charge is 2.27. The van der Waals surface area contributed by atoms with E-state index in [1.54, 1.807) is 24.3 Å². The fourth-order valence-electron chi connectivity index (χ4n) is 2.77. The second-order valence-electron chi connectivity index (χ2n) is 5.42. The average Bonchev–Trinajstić information content (AvgIpc) is 2.77. The van der Waals surface area contributed by atoms with E-state index in [9.17, 15) is 9.90 Å². The molecule has 1 aliphatic rings. The Hall–Kier alpha value is -2.01. The Bertz CT molecular complexity index is 659. The molecule has 5 nitrogen and oxygen atoms in total. The van der Waals surface area contributed by atoms with Gasteiger partial charge in [-0.1, -0.05) is 29.6 Å². The molecule has 0 radical (unpaired) electrons. The molecule has 1 N–H and O–H groups in total. The molecule has 22 heavy (non-hydrogen) atoms. The predicted molar refractivity (Wildman–Crippen MR) is 84.6 cm³/mol. The molecular formula is C16H17ClN2O3. The molecule has 2 heterocycles. The van der Waals surface area contributed by atoms with E-state index in [4.69, 9.17) is 16.1 Å². The van der Waals surface area contributed by atoms with E-state index in [2.05, 4.69) is 5.16 Å². The van der Waals surface area contributed by atoms with E-state index in [0.717, 1.165) is 25.9 Å². The summed E-state index contributed by atoms with van der Waals surface area (Å²) in [7, 11) is 0. The van der Waals surface area contributed by atoms with E-state index in [-0.39, 0.29) is 11.3 Å². The van der Waals surface area contributed by atoms with E-state index < -0.39 is 5.97 Å². The van der Waals surface area contributed by atoms with Crippen molar-refractivity contribution in [3.63, 3.8) is 0 Å². The molecule has 0 saturated carbocycles. The quantitative estimate of drug-likeness (QED) is 0.923. The maximum atomic E-state index is 11.7. The number of benzene rings is 1. The molecular weight excluding hydrogens is 304 g/mol. The van der Waals surface area contributed by atoms with Crippen molar-refractivity contribution in [1.29, 1.82) is 0 Å². The Morgan fingerprint density at radius 2 is 1.77 bits per heavy atom. The number of aromatic carboxylic acids is 1. The first-order valence-electron chi connectivity index (χ1n) is 7.40. The molecule has 1 aromatic heterocycles. The van der Waals surface area contributed by atoms with Crippen LogP contribution >= 0.6 is 11.6 Å². The molecule has 0 aliphatic carbocycles. The largest absolute Gasteiger partial charge is 0.477 e. The van der Waals surface area contributed by atoms with Crippen molar-refractivity contribution in [3.8, 4) is 11.3 Å². The number of nitrogens with zero attached hydrogens (tertiary/aromatic N) is 2. The van der Waals surface area contributed by atoms with Gasteiger partial charge in [-0.15, -0.1) is 0 Å². The summed E-state index contributed by atoms with van der Waals surface area (Å²) in [5.41, 5.74) is 0.791. The summed E-state index contributed by atoms with van der Waals surface area (Å²) >= 11 is 5.88. The van der Waals surface area contributed by atoms with Crippen molar-refractivity contribution in [2.75, 3.05) is 18.0 Å². The highest BCUT2D eigenvalue weighted by molar-refractivity contribution is 6.30. The predicted octanol–water partition coefficient (Wildman–Crippen LogP) is 4.07. The van der Waals surface area contributed by atoms with Gasteiger partial charge in [0.15, 0.2) is 17.1 Å². The van der Waals surface area contributed by atoms with Gasteiger partial charge in [-0.25, -0.2) is 4.79 Å². The minimum absolute atomic E-state index is 0.129. The standard InChI is InChI=1S/C16H17ClN2O3/c17-12-7-5-11(6-8-12)14-13(16(20)21)15(18-22-14)19-9-3-1-2-4-10-19/h5-8H,1-4,9-10H2,(H,20,21). The lowest BCUT2D eigenvalue weighted by molar-refractivity contribution is 0.0698. The van der Waals surface area contributed by atoms with Crippen LogP contribution in [-0.2, 0) is 0 Å². The lowest BCUT2D eigenvalue weighted by atomic mass is 10.1. The van der Waals surface area contributed by atoms with Crippen LogP contribution in [0.25, 0.3) is 11.3 Å². The average molecular weight is 321 g/mol. The maximum Gasteiger partial charge on any atom is 0.343 e. The number of anilines is 1. The highest BCUT2D eigenvalue weighted by atomic mass is 35.5. The van der Waals surface area contributed by atoms with Gasteiger partial charge >= 0.3 is 5.97 Å². The van der Waals surface area contributed by atoms with E-state index in [1.165, 1.54) is 12.8 Å². The summed E-state index contributed by atoms with van der Waals surface area (Å²) in [6, 6.07) is 6.89. The third kappa shape index (κ3) is 2.95. The van der Waals surface area contributed by atoms with Crippen LogP contribution in [0, 0.1) is 0 Å². The molecule has 1 saturated heterocycles. The monoisotopic (exact) mass is 320 g/mol. The van der Waals surface area contributed by atoms with Crippen LogP contribution in [0.2, 0.25) is 5.02 Å². The van der Waals surface area contributed by atoms with Crippen LogP contribution in [0.5, 0.6) is 0 Å². The topological polar surface area (TPSA) is 66.6 Å². The highest BCUT2D eigenvalue weighted by Crippen LogP contribution is 2.33. The SMILES string of the molecule is O=C(O)c1c(N2CCCCCC2)noc1-c1ccc(Cl)cc1. The molecule has 1 aliphatic heterocycles. The molecule has 0 atom stereocenters. The third-order valence-electron chi connectivity index (χ3n) is 3.90. The van der Waals surface area contributed by atoms with E-state index in [0.29, 0.717) is 16.4 Å². The van der Waals surface area contributed by atoms with Crippen LogP contribution in [0.4, 0.5) is 5.82 Å². The van der Waals surface area contributed by atoms with Crippen molar-refractivity contribution >= 4 is 23.4 Å². The Balaban J connectivity index is 2.01. The Kier molecular flexibility index (Phi) is 4.34. The number of hydrogen-bond acceptors (Lipinski definition) is 4. The van der Waals surface area contributed by atoms with Gasteiger partial charge in [0, 0.05) is 23.7 Å². The Morgan fingerprint density at radius 3 is 2.36 bits per heavy atom. The van der Waals surface area contributed by atoms with Gasteiger partial charge in [0.1, 0.15) is 0 Å². The Labute approximate surface area is 133 Å². The third-order valence-corrected chi connectivity index (χ3v) is 4.15. The molecule has 2 aromatic rings. The molecule has 3 rings (SSSR count). The van der Waals surface area contributed by atoms with Gasteiger partial charge in [-0.2, -0.15) is 0 Å². The van der Waals surface area contributed by atoms with Crippen molar-refractivity contribution in [2.45, 2.75) is 25.7 Å². The number of hydrogen-bond donors (Lipinski definition) is 1. The smallest absolute Gasteiger partial charge is 0.343 e. The van der Waals surface area contributed by atoms with Gasteiger partial charge in [0.05, 0.1) is 0 Å². The van der Waals surface area contributed by atoms with Crippen molar-refractivity contribution in [3.05, 3.63) is 34.9 Å². The number of aromatic nitrogens is 1. The second-order valence-corrected chi connectivity index (χ2v) is 5.86. The van der Waals surface area contributed by atoms with Crippen LogP contribution in [0.3, 0.4) is 0 Å². The van der Waals surface area contributed by atoms with E-state index >= 15 is 0 Å². The first kappa shape index (κ1) is 14.9. The van der Waals surface area contributed by atoms with Crippen molar-refractivity contribution in [1.82, 2.24) is 5.16 Å². The van der Waals surface area contributed by atoms with Crippen molar-refractivity contribution < 1.29 is 14.4 Å². The zero-order chi connectivity index (χ0) is 15.5. The van der Waals surface area contributed by atoms with Crippen LogP contribution in [0.1, 0.15) is 36.0 Å². The van der Waals surface area contributed by atoms with Crippen molar-refractivity contribution in [2.24, 2.45) is 0 Å². The first-order valence-corrected chi connectivity index (χ1v) is 7.78. The second kappa shape index (κ2) is 6.40. The lowest BCUT2D eigenvalue weighted by Gasteiger charge is -2.19. The zero-order valence-corrected chi connectivity index (χ0v) is 12.8. The van der Waals surface area contributed by atoms with Gasteiger partial charge in [-0.05, 0) is 37.1 Å². The molecule has 116 valence electrons. The number of rotatable bonds is 3. The van der Waals surface area contributed by atoms with Crippen LogP contribution in [0.15, 0.2) is 28.8 Å².